The first-order valence-electron chi connectivity index (χ1n) is 7.97. The molecule has 5 nitrogen and oxygen atoms in total. The fourth-order valence-electron chi connectivity index (χ4n) is 2.85. The third kappa shape index (κ3) is 4.31. The molecule has 1 aromatic carbocycles. The number of carbonyl (C=O) groups excluding carboxylic acids is 1. The molecule has 3 rings (SSSR count). The van der Waals surface area contributed by atoms with E-state index in [9.17, 15) is 13.6 Å². The SMILES string of the molecule is COc1cccc(C=C2SC(=NC3CCCC3)NC2=O)c1OC(F)F. The van der Waals surface area contributed by atoms with Crippen LogP contribution in [-0.4, -0.2) is 30.8 Å². The number of amidine groups is 1. The molecule has 1 heterocycles. The predicted molar refractivity (Wildman–Crippen MR) is 93.0 cm³/mol. The minimum atomic E-state index is -2.99. The van der Waals surface area contributed by atoms with Crippen LogP contribution in [0, 0.1) is 0 Å². The maximum atomic E-state index is 12.7. The summed E-state index contributed by atoms with van der Waals surface area (Å²) < 4.78 is 35.0. The molecule has 2 aliphatic rings. The van der Waals surface area contributed by atoms with Crippen molar-refractivity contribution in [3.05, 3.63) is 28.7 Å². The number of nitrogens with one attached hydrogen (secondary N) is 1. The zero-order chi connectivity index (χ0) is 17.8. The third-order valence-electron chi connectivity index (χ3n) is 4.00. The van der Waals surface area contributed by atoms with E-state index < -0.39 is 6.61 Å². The molecule has 1 aliphatic carbocycles. The first-order chi connectivity index (χ1) is 12.1. The van der Waals surface area contributed by atoms with E-state index in [0.717, 1.165) is 25.7 Å². The average Bonchev–Trinajstić information content (AvgIpc) is 3.19. The maximum absolute atomic E-state index is 12.7. The Morgan fingerprint density at radius 2 is 2.12 bits per heavy atom. The van der Waals surface area contributed by atoms with Crippen molar-refractivity contribution in [3.8, 4) is 11.5 Å². The number of amides is 1. The largest absolute Gasteiger partial charge is 0.493 e. The Balaban J connectivity index is 1.86. The van der Waals surface area contributed by atoms with E-state index in [1.807, 2.05) is 0 Å². The van der Waals surface area contributed by atoms with Crippen molar-refractivity contribution in [2.24, 2.45) is 4.99 Å². The standard InChI is InChI=1S/C17H18F2N2O3S/c1-23-12-8-4-5-10(14(12)24-16(18)19)9-13-15(22)21-17(25-13)20-11-6-2-3-7-11/h4-5,8-9,11,16H,2-3,6-7H2,1H3,(H,20,21,22). The van der Waals surface area contributed by atoms with Crippen LogP contribution >= 0.6 is 11.8 Å². The number of halogens is 2. The Kier molecular flexibility index (Phi) is 5.57. The van der Waals surface area contributed by atoms with Crippen molar-refractivity contribution in [1.82, 2.24) is 5.32 Å². The van der Waals surface area contributed by atoms with E-state index in [4.69, 9.17) is 4.74 Å². The van der Waals surface area contributed by atoms with Gasteiger partial charge in [0.2, 0.25) is 0 Å². The Hall–Kier alpha value is -2.09. The zero-order valence-electron chi connectivity index (χ0n) is 13.6. The van der Waals surface area contributed by atoms with Crippen molar-refractivity contribution < 1.29 is 23.0 Å². The van der Waals surface area contributed by atoms with E-state index in [2.05, 4.69) is 15.0 Å². The fourth-order valence-corrected chi connectivity index (χ4v) is 3.73. The van der Waals surface area contributed by atoms with Crippen LogP contribution in [0.15, 0.2) is 28.1 Å². The molecule has 1 saturated heterocycles. The number of hydrogen-bond donors (Lipinski definition) is 1. The number of ether oxygens (including phenoxy) is 2. The zero-order valence-corrected chi connectivity index (χ0v) is 14.4. The minimum Gasteiger partial charge on any atom is -0.493 e. The van der Waals surface area contributed by atoms with E-state index in [-0.39, 0.29) is 23.4 Å². The number of benzene rings is 1. The van der Waals surface area contributed by atoms with Crippen LogP contribution in [0.25, 0.3) is 6.08 Å². The van der Waals surface area contributed by atoms with Gasteiger partial charge in [-0.1, -0.05) is 25.0 Å². The predicted octanol–water partition coefficient (Wildman–Crippen LogP) is 3.80. The molecule has 1 aromatic rings. The van der Waals surface area contributed by atoms with E-state index in [0.29, 0.717) is 15.6 Å². The Labute approximate surface area is 148 Å². The van der Waals surface area contributed by atoms with E-state index in [1.165, 1.54) is 31.0 Å². The molecule has 25 heavy (non-hydrogen) atoms. The van der Waals surface area contributed by atoms with Gasteiger partial charge in [-0.15, -0.1) is 0 Å². The molecule has 8 heteroatoms. The van der Waals surface area contributed by atoms with Crippen molar-refractivity contribution in [2.45, 2.75) is 38.3 Å². The summed E-state index contributed by atoms with van der Waals surface area (Å²) in [5.41, 5.74) is 0.347. The molecule has 2 fully saturated rings. The molecule has 0 atom stereocenters. The number of thioether (sulfide) groups is 1. The second-order valence-corrected chi connectivity index (χ2v) is 6.73. The topological polar surface area (TPSA) is 59.9 Å². The summed E-state index contributed by atoms with van der Waals surface area (Å²) >= 11 is 1.21. The van der Waals surface area contributed by atoms with Crippen LogP contribution in [0.5, 0.6) is 11.5 Å². The van der Waals surface area contributed by atoms with Crippen LogP contribution < -0.4 is 14.8 Å². The summed E-state index contributed by atoms with van der Waals surface area (Å²) in [5, 5.41) is 3.28. The molecule has 0 radical (unpaired) electrons. The summed E-state index contributed by atoms with van der Waals surface area (Å²) in [4.78, 5) is 17.1. The molecule has 1 saturated carbocycles. The summed E-state index contributed by atoms with van der Waals surface area (Å²) in [5.74, 6) is -0.215. The normalized spacial score (nSPS) is 21.4. The second-order valence-electron chi connectivity index (χ2n) is 5.69. The summed E-state index contributed by atoms with van der Waals surface area (Å²) in [7, 11) is 1.37. The summed E-state index contributed by atoms with van der Waals surface area (Å²) in [6.45, 7) is -2.99. The van der Waals surface area contributed by atoms with Crippen molar-refractivity contribution in [2.75, 3.05) is 7.11 Å². The van der Waals surface area contributed by atoms with Gasteiger partial charge in [0, 0.05) is 5.56 Å². The highest BCUT2D eigenvalue weighted by Gasteiger charge is 2.26. The lowest BCUT2D eigenvalue weighted by Crippen LogP contribution is -2.21. The Morgan fingerprint density at radius 3 is 2.80 bits per heavy atom. The number of aliphatic imine (C=N–C) groups is 1. The molecule has 0 bridgehead atoms. The van der Waals surface area contributed by atoms with Crippen LogP contribution in [0.1, 0.15) is 31.2 Å². The van der Waals surface area contributed by atoms with Gasteiger partial charge in [0.05, 0.1) is 18.1 Å². The lowest BCUT2D eigenvalue weighted by molar-refractivity contribution is -0.115. The van der Waals surface area contributed by atoms with E-state index >= 15 is 0 Å². The van der Waals surface area contributed by atoms with Crippen molar-refractivity contribution >= 4 is 28.9 Å². The van der Waals surface area contributed by atoms with Crippen molar-refractivity contribution in [3.63, 3.8) is 0 Å². The van der Waals surface area contributed by atoms with Gasteiger partial charge >= 0.3 is 6.61 Å². The first kappa shape index (κ1) is 17.7. The fraction of sp³-hybridized carbons (Fsp3) is 0.412. The highest BCUT2D eigenvalue weighted by atomic mass is 32.2. The number of alkyl halides is 2. The minimum absolute atomic E-state index is 0.0953. The molecule has 1 amide bonds. The number of nitrogens with zero attached hydrogens (tertiary/aromatic N) is 1. The maximum Gasteiger partial charge on any atom is 0.387 e. The van der Waals surface area contributed by atoms with Gasteiger partial charge in [-0.05, 0) is 36.7 Å². The number of carbonyl (C=O) groups is 1. The molecule has 0 unspecified atom stereocenters. The van der Waals surface area contributed by atoms with Crippen LogP contribution in [-0.2, 0) is 4.79 Å². The smallest absolute Gasteiger partial charge is 0.387 e. The molecule has 1 N–H and O–H groups in total. The lowest BCUT2D eigenvalue weighted by atomic mass is 10.1. The Morgan fingerprint density at radius 1 is 1.36 bits per heavy atom. The molecule has 0 spiro atoms. The highest BCUT2D eigenvalue weighted by Crippen LogP contribution is 2.36. The number of hydrogen-bond acceptors (Lipinski definition) is 5. The first-order valence-corrected chi connectivity index (χ1v) is 8.79. The van der Waals surface area contributed by atoms with Gasteiger partial charge < -0.3 is 14.8 Å². The molecule has 134 valence electrons. The molecular weight excluding hydrogens is 350 g/mol. The van der Waals surface area contributed by atoms with Gasteiger partial charge in [-0.2, -0.15) is 8.78 Å². The average molecular weight is 368 g/mol. The van der Waals surface area contributed by atoms with Crippen molar-refractivity contribution in [1.29, 1.82) is 0 Å². The van der Waals surface area contributed by atoms with Crippen LogP contribution in [0.2, 0.25) is 0 Å². The molecular formula is C17H18F2N2O3S. The third-order valence-corrected chi connectivity index (χ3v) is 4.92. The van der Waals surface area contributed by atoms with Gasteiger partial charge in [0.15, 0.2) is 16.7 Å². The Bertz CT molecular complexity index is 716. The second kappa shape index (κ2) is 7.86. The van der Waals surface area contributed by atoms with Gasteiger partial charge in [-0.3, -0.25) is 9.79 Å². The number of rotatable bonds is 5. The lowest BCUT2D eigenvalue weighted by Gasteiger charge is -2.12. The summed E-state index contributed by atoms with van der Waals surface area (Å²) in [6.07, 6.45) is 5.88. The van der Waals surface area contributed by atoms with Gasteiger partial charge in [0.1, 0.15) is 0 Å². The number of para-hydroxylation sites is 1. The monoisotopic (exact) mass is 368 g/mol. The van der Waals surface area contributed by atoms with Crippen LogP contribution in [0.3, 0.4) is 0 Å². The molecule has 0 aromatic heterocycles. The van der Waals surface area contributed by atoms with E-state index in [1.54, 1.807) is 12.1 Å². The quantitative estimate of drug-likeness (QED) is 0.803. The highest BCUT2D eigenvalue weighted by molar-refractivity contribution is 8.18. The van der Waals surface area contributed by atoms with Gasteiger partial charge in [-0.25, -0.2) is 0 Å². The summed E-state index contributed by atoms with van der Waals surface area (Å²) in [6, 6.07) is 5.01. The van der Waals surface area contributed by atoms with Crippen LogP contribution in [0.4, 0.5) is 8.78 Å². The number of methoxy groups -OCH3 is 1. The molecule has 1 aliphatic heterocycles. The van der Waals surface area contributed by atoms with Gasteiger partial charge in [0.25, 0.3) is 5.91 Å².